The molecule has 205 valence electrons. The first-order valence-electron chi connectivity index (χ1n) is 11.6. The van der Waals surface area contributed by atoms with Gasteiger partial charge < -0.3 is 4.90 Å². The molecule has 0 saturated heterocycles. The number of hydrogen-bond acceptors (Lipinski definition) is 1. The van der Waals surface area contributed by atoms with Crippen LogP contribution in [0.25, 0.3) is 5.31 Å². The minimum Gasteiger partial charge on any atom is 0 e. The Morgan fingerprint density at radius 2 is 1.11 bits per heavy atom. The topological polar surface area (TPSA) is 3.24 Å². The maximum absolute atomic E-state index is 10.7. The molecule has 1 radical (unpaired) electrons. The summed E-state index contributed by atoms with van der Waals surface area (Å²) >= 11 is 0. The minimum absolute atomic E-state index is 0. The van der Waals surface area contributed by atoms with Gasteiger partial charge in [-0.15, -0.1) is 0 Å². The number of benzene rings is 1. The molecule has 0 spiro atoms. The molecule has 0 heterocycles. The molecule has 10 heteroatoms. The van der Waals surface area contributed by atoms with Gasteiger partial charge in [-0.3, -0.25) is 0 Å². The number of halogens is 6. The van der Waals surface area contributed by atoms with Crippen molar-refractivity contribution in [2.75, 3.05) is 14.1 Å². The van der Waals surface area contributed by atoms with Crippen molar-refractivity contribution in [3.8, 4) is 0 Å². The van der Waals surface area contributed by atoms with Crippen molar-refractivity contribution in [3.05, 3.63) is 65.4 Å². The molecule has 35 heavy (non-hydrogen) atoms. The van der Waals surface area contributed by atoms with E-state index in [1.165, 1.54) is 36.8 Å². The minimum atomic E-state index is -10.7. The molecule has 1 aromatic rings. The molecule has 3 rings (SSSR count). The van der Waals surface area contributed by atoms with Gasteiger partial charge in [0.05, 0.1) is 17.0 Å². The van der Waals surface area contributed by atoms with Crippen LogP contribution < -0.4 is 0 Å². The average Bonchev–Trinajstić information content (AvgIpc) is 2.98. The Kier molecular flexibility index (Phi) is 13.0. The fourth-order valence-electron chi connectivity index (χ4n) is 4.15. The molecule has 0 aliphatic heterocycles. The fourth-order valence-corrected chi connectivity index (χ4v) is 7.83. The van der Waals surface area contributed by atoms with E-state index in [0.29, 0.717) is 0 Å². The van der Waals surface area contributed by atoms with Crippen molar-refractivity contribution < 1.29 is 45.3 Å². The number of nitrogens with zero attached hydrogens (tertiary/aromatic N) is 1. The van der Waals surface area contributed by atoms with Crippen LogP contribution >= 0.6 is 15.7 Å². The van der Waals surface area contributed by atoms with Crippen molar-refractivity contribution in [3.63, 3.8) is 0 Å². The second kappa shape index (κ2) is 13.2. The van der Waals surface area contributed by atoms with Gasteiger partial charge in [-0.25, -0.2) is 0 Å². The average molecular weight is 722 g/mol. The van der Waals surface area contributed by atoms with Crippen molar-refractivity contribution in [1.29, 1.82) is 0 Å². The van der Waals surface area contributed by atoms with Gasteiger partial charge in [0.2, 0.25) is 0 Å². The molecule has 2 aliphatic carbocycles. The van der Waals surface area contributed by atoms with Gasteiger partial charge in [-0.1, -0.05) is 48.6 Å². The molecule has 0 amide bonds. The zero-order chi connectivity index (χ0) is 26.2. The van der Waals surface area contributed by atoms with E-state index in [0.717, 1.165) is 17.7 Å². The Labute approximate surface area is 221 Å². The van der Waals surface area contributed by atoms with Crippen molar-refractivity contribution in [1.82, 2.24) is 4.90 Å². The third kappa shape index (κ3) is 15.2. The molecule has 0 aromatic heterocycles. The van der Waals surface area contributed by atoms with Crippen LogP contribution in [0.3, 0.4) is 0 Å². The van der Waals surface area contributed by atoms with E-state index in [4.69, 9.17) is 0 Å². The molecule has 0 saturated carbocycles. The monoisotopic (exact) mass is 722 g/mol. The summed E-state index contributed by atoms with van der Waals surface area (Å²) in [7, 11) is -6.79. The first-order valence-corrected chi connectivity index (χ1v) is 15.3. The third-order valence-corrected chi connectivity index (χ3v) is 8.96. The second-order valence-electron chi connectivity index (χ2n) is 9.37. The molecule has 1 nitrogen and oxygen atoms in total. The number of fused-ring (bicyclic) bond motifs is 1. The van der Waals surface area contributed by atoms with Gasteiger partial charge in [0.25, 0.3) is 0 Å². The van der Waals surface area contributed by atoms with E-state index in [9.17, 15) is 25.2 Å². The van der Waals surface area contributed by atoms with E-state index in [-0.39, 0.29) is 20.1 Å². The number of rotatable bonds is 4. The van der Waals surface area contributed by atoms with Gasteiger partial charge in [-0.05, 0) is 58.9 Å². The molecule has 0 bridgehead atoms. The summed E-state index contributed by atoms with van der Waals surface area (Å²) in [5, 5.41) is 1.69. The van der Waals surface area contributed by atoms with Crippen molar-refractivity contribution in [2.24, 2.45) is 0 Å². The predicted octanol–water partition coefficient (Wildman–Crippen LogP) is 10.6. The number of likely N-dealkylation sites (N-methyl/N-ethyl adjacent to an activating group) is 1. The van der Waals surface area contributed by atoms with E-state index < -0.39 is 15.7 Å². The molecule has 0 N–H and O–H groups in total. The van der Waals surface area contributed by atoms with Crippen LogP contribution in [0.2, 0.25) is 0 Å². The summed E-state index contributed by atoms with van der Waals surface area (Å²) in [6.07, 6.45) is 15.1. The Hall–Kier alpha value is -0.671. The Bertz CT molecular complexity index is 846. The standard InChI is InChI=1S/C17H26NP.C8H12.F6P.Ir/c1-12(2)19(13(3)4)17-15-10-8-7-9-14(15)11-16(17)18(5)6;1-2-4-6-8-7-5-3-1;1-7(2,3,4,5)6;/h7-10,12-13H,11H2,1-6H3;1-2,7-8H,3-6H2;;/q;;-1;/p+1/b;2-1-,8-7-;;. The van der Waals surface area contributed by atoms with Crippen LogP contribution in [-0.2, 0) is 26.5 Å². The molecule has 0 unspecified atom stereocenters. The van der Waals surface area contributed by atoms with Gasteiger partial charge in [0.15, 0.2) is 0 Å². The van der Waals surface area contributed by atoms with E-state index in [1.54, 1.807) is 11.0 Å². The van der Waals surface area contributed by atoms with Crippen LogP contribution in [0.5, 0.6) is 0 Å². The Balaban J connectivity index is 0.000000599. The van der Waals surface area contributed by atoms with E-state index in [1.807, 2.05) is 0 Å². The summed E-state index contributed by atoms with van der Waals surface area (Å²) in [5.74, 6) is 0. The van der Waals surface area contributed by atoms with Crippen LogP contribution in [0.15, 0.2) is 54.3 Å². The normalized spacial score (nSPS) is 19.1. The molecule has 1 aromatic carbocycles. The van der Waals surface area contributed by atoms with Crippen molar-refractivity contribution in [2.45, 2.75) is 71.1 Å². The van der Waals surface area contributed by atoms with Gasteiger partial charge in [0.1, 0.15) is 5.31 Å². The fraction of sp³-hybridized carbons (Fsp3) is 0.520. The Morgan fingerprint density at radius 3 is 1.46 bits per heavy atom. The summed E-state index contributed by atoms with van der Waals surface area (Å²) in [4.78, 5) is 2.34. The molecule has 0 fully saturated rings. The SMILES string of the molecule is C1=C\CC/C=C\CC/1.CC(C)[PH+](C1=C(N(C)C)Cc2ccccc21)C(C)C.F[P-](F)(F)(F)(F)F.[Ir]. The van der Waals surface area contributed by atoms with Crippen LogP contribution in [0, 0.1) is 0 Å². The van der Waals surface area contributed by atoms with Crippen LogP contribution in [0.1, 0.15) is 64.5 Å². The smallest absolute Gasteiger partial charge is 0 e. The van der Waals surface area contributed by atoms with Gasteiger partial charge in [-0.2, -0.15) is 0 Å². The molecular formula is C25H39F6IrNP2. The maximum Gasteiger partial charge on any atom is 0 e. The van der Waals surface area contributed by atoms with E-state index in [2.05, 4.69) is 95.3 Å². The number of allylic oxidation sites excluding steroid dienone is 5. The predicted molar refractivity (Wildman–Crippen MR) is 140 cm³/mol. The van der Waals surface area contributed by atoms with Crippen LogP contribution in [-0.4, -0.2) is 30.3 Å². The summed E-state index contributed by atoms with van der Waals surface area (Å²) < 4.78 is 59.2. The summed E-state index contributed by atoms with van der Waals surface area (Å²) in [6.45, 7) is 9.59. The Morgan fingerprint density at radius 1 is 0.743 bits per heavy atom. The summed E-state index contributed by atoms with van der Waals surface area (Å²) in [5.41, 5.74) is 6.16. The molecular weight excluding hydrogens is 682 g/mol. The summed E-state index contributed by atoms with van der Waals surface area (Å²) in [6, 6.07) is 8.99. The largest absolute Gasteiger partial charge is 0 e. The van der Waals surface area contributed by atoms with Gasteiger partial charge in [0, 0.05) is 54.1 Å². The first-order chi connectivity index (χ1) is 15.4. The third-order valence-electron chi connectivity index (χ3n) is 5.34. The zero-order valence-corrected chi connectivity index (χ0v) is 25.6. The zero-order valence-electron chi connectivity index (χ0n) is 21.3. The molecule has 2 aliphatic rings. The van der Waals surface area contributed by atoms with E-state index >= 15 is 0 Å². The second-order valence-corrected chi connectivity index (χ2v) is 15.0. The van der Waals surface area contributed by atoms with Gasteiger partial charge >= 0.3 is 33.0 Å². The molecule has 0 atom stereocenters. The quantitative estimate of drug-likeness (QED) is 0.170. The van der Waals surface area contributed by atoms with Crippen LogP contribution in [0.4, 0.5) is 25.2 Å². The number of hydrogen-bond donors (Lipinski definition) is 0. The first kappa shape index (κ1) is 34.3. The maximum atomic E-state index is 9.87. The van der Waals surface area contributed by atoms with Crippen molar-refractivity contribution >= 4 is 21.0 Å².